The summed E-state index contributed by atoms with van der Waals surface area (Å²) in [5, 5.41) is 22.3. The van der Waals surface area contributed by atoms with Crippen molar-refractivity contribution < 1.29 is 19.8 Å². The van der Waals surface area contributed by atoms with Crippen molar-refractivity contribution in [1.82, 2.24) is 4.90 Å². The van der Waals surface area contributed by atoms with Gasteiger partial charge >= 0.3 is 0 Å². The van der Waals surface area contributed by atoms with Crippen molar-refractivity contribution in [3.05, 3.63) is 88.0 Å². The number of phenols is 2. The molecule has 8 heteroatoms. The number of alkyl halides is 2. The largest absolute Gasteiger partial charge is 0.507 e. The number of ketones is 2. The summed E-state index contributed by atoms with van der Waals surface area (Å²) in [6.45, 7) is 0.909. The summed E-state index contributed by atoms with van der Waals surface area (Å²) in [7, 11) is 0. The number of hydrogen-bond donors (Lipinski definition) is 2. The molecule has 1 aliphatic rings. The van der Waals surface area contributed by atoms with Crippen molar-refractivity contribution >= 4 is 46.5 Å². The minimum absolute atomic E-state index is 0.178. The molecule has 1 unspecified atom stereocenters. The summed E-state index contributed by atoms with van der Waals surface area (Å²) in [5.41, 5.74) is 1.19. The van der Waals surface area contributed by atoms with Crippen LogP contribution in [0.5, 0.6) is 11.5 Å². The molecule has 0 fully saturated rings. The number of benzene rings is 3. The van der Waals surface area contributed by atoms with Crippen molar-refractivity contribution in [2.24, 2.45) is 0 Å². The quantitative estimate of drug-likeness (QED) is 0.184. The van der Waals surface area contributed by atoms with E-state index >= 15 is 0 Å². The van der Waals surface area contributed by atoms with Gasteiger partial charge in [0.05, 0.1) is 17.2 Å². The molecule has 34 heavy (non-hydrogen) atoms. The lowest BCUT2D eigenvalue weighted by Crippen LogP contribution is -2.33. The normalized spacial score (nSPS) is 13.6. The van der Waals surface area contributed by atoms with Crippen LogP contribution in [0.15, 0.2) is 59.5 Å². The molecule has 3 aromatic rings. The Kier molecular flexibility index (Phi) is 7.53. The molecule has 4 rings (SSSR count). The minimum Gasteiger partial charge on any atom is -0.507 e. The number of fused-ring (bicyclic) bond motifs is 2. The first-order valence-electron chi connectivity index (χ1n) is 10.7. The van der Waals surface area contributed by atoms with Crippen molar-refractivity contribution in [2.75, 3.05) is 31.1 Å². The standard InChI is InChI=1S/C26H23Cl2NO4S/c1-34-16-8-6-15(7-9-16)23(29(12-10-27)13-11-28)19-14-20(30)21-22(26(19)33)25(32)18-5-3-2-4-17(18)24(21)31/h2-9,14,23,30,33H,10-13H2,1H3. The summed E-state index contributed by atoms with van der Waals surface area (Å²) >= 11 is 13.8. The fourth-order valence-electron chi connectivity index (χ4n) is 4.45. The Balaban J connectivity index is 1.94. The van der Waals surface area contributed by atoms with Crippen LogP contribution in [-0.4, -0.2) is 57.8 Å². The molecule has 5 nitrogen and oxygen atoms in total. The third kappa shape index (κ3) is 4.31. The molecule has 0 saturated carbocycles. The van der Waals surface area contributed by atoms with E-state index in [0.717, 1.165) is 10.5 Å². The van der Waals surface area contributed by atoms with E-state index in [0.29, 0.717) is 30.4 Å². The number of rotatable bonds is 8. The molecule has 2 N–H and O–H groups in total. The van der Waals surface area contributed by atoms with Gasteiger partial charge < -0.3 is 10.2 Å². The Labute approximate surface area is 212 Å². The number of halogens is 2. The SMILES string of the molecule is CSc1ccc(C(c2cc(O)c3c(c2O)C(=O)c2ccccc2C3=O)N(CCCl)CCCl)cc1. The average molecular weight is 516 g/mol. The maximum atomic E-state index is 13.4. The van der Waals surface area contributed by atoms with E-state index < -0.39 is 17.6 Å². The maximum absolute atomic E-state index is 13.4. The number of carbonyl (C=O) groups is 2. The van der Waals surface area contributed by atoms with Gasteiger partial charge in [-0.1, -0.05) is 36.4 Å². The molecule has 0 bridgehead atoms. The lowest BCUT2D eigenvalue weighted by Gasteiger charge is -2.33. The molecule has 0 heterocycles. The van der Waals surface area contributed by atoms with E-state index in [4.69, 9.17) is 23.2 Å². The van der Waals surface area contributed by atoms with E-state index in [1.54, 1.807) is 36.0 Å². The fraction of sp³-hybridized carbons (Fsp3) is 0.231. The predicted octanol–water partition coefficient (Wildman–Crippen LogP) is 5.46. The van der Waals surface area contributed by atoms with E-state index in [2.05, 4.69) is 0 Å². The number of nitrogens with zero attached hydrogens (tertiary/aromatic N) is 1. The highest BCUT2D eigenvalue weighted by molar-refractivity contribution is 7.98. The second-order valence-electron chi connectivity index (χ2n) is 7.88. The Morgan fingerprint density at radius 3 is 1.97 bits per heavy atom. The van der Waals surface area contributed by atoms with Crippen LogP contribution in [0.2, 0.25) is 0 Å². The first-order chi connectivity index (χ1) is 16.4. The summed E-state index contributed by atoms with van der Waals surface area (Å²) < 4.78 is 0. The molecular weight excluding hydrogens is 493 g/mol. The Hall–Kier alpha value is -2.51. The Morgan fingerprint density at radius 2 is 1.44 bits per heavy atom. The van der Waals surface area contributed by atoms with Gasteiger partial charge in [0.15, 0.2) is 11.6 Å². The lowest BCUT2D eigenvalue weighted by molar-refractivity contribution is 0.0973. The van der Waals surface area contributed by atoms with Crippen molar-refractivity contribution in [3.8, 4) is 11.5 Å². The Bertz CT molecular complexity index is 1240. The van der Waals surface area contributed by atoms with Gasteiger partial charge in [0, 0.05) is 46.4 Å². The molecule has 0 aliphatic heterocycles. The monoisotopic (exact) mass is 515 g/mol. The van der Waals surface area contributed by atoms with Gasteiger partial charge in [-0.3, -0.25) is 14.5 Å². The number of hydrogen-bond acceptors (Lipinski definition) is 6. The molecule has 0 radical (unpaired) electrons. The molecule has 0 amide bonds. The van der Waals surface area contributed by atoms with Gasteiger partial charge in [0.25, 0.3) is 0 Å². The Morgan fingerprint density at radius 1 is 0.882 bits per heavy atom. The van der Waals surface area contributed by atoms with Crippen LogP contribution >= 0.6 is 35.0 Å². The van der Waals surface area contributed by atoms with Crippen molar-refractivity contribution in [2.45, 2.75) is 10.9 Å². The summed E-state index contributed by atoms with van der Waals surface area (Å²) in [4.78, 5) is 29.5. The van der Waals surface area contributed by atoms with Gasteiger partial charge in [-0.15, -0.1) is 35.0 Å². The van der Waals surface area contributed by atoms with Gasteiger partial charge in [-0.05, 0) is 30.0 Å². The van der Waals surface area contributed by atoms with Crippen LogP contribution in [0.1, 0.15) is 49.0 Å². The van der Waals surface area contributed by atoms with Crippen LogP contribution in [0.4, 0.5) is 0 Å². The van der Waals surface area contributed by atoms with E-state index in [-0.39, 0.29) is 33.8 Å². The van der Waals surface area contributed by atoms with Crippen molar-refractivity contribution in [3.63, 3.8) is 0 Å². The van der Waals surface area contributed by atoms with Crippen LogP contribution in [0, 0.1) is 0 Å². The molecule has 0 aromatic heterocycles. The summed E-state index contributed by atoms with van der Waals surface area (Å²) in [6, 6.07) is 15.0. The second-order valence-corrected chi connectivity index (χ2v) is 9.51. The predicted molar refractivity (Wildman–Crippen MR) is 136 cm³/mol. The average Bonchev–Trinajstić information content (AvgIpc) is 2.85. The fourth-order valence-corrected chi connectivity index (χ4v) is 5.29. The van der Waals surface area contributed by atoms with Crippen LogP contribution in [0.3, 0.4) is 0 Å². The summed E-state index contributed by atoms with van der Waals surface area (Å²) in [6.07, 6.45) is 1.98. The molecular formula is C26H23Cl2NO4S. The zero-order valence-corrected chi connectivity index (χ0v) is 20.8. The van der Waals surface area contributed by atoms with Gasteiger partial charge in [-0.2, -0.15) is 0 Å². The van der Waals surface area contributed by atoms with E-state index in [1.807, 2.05) is 35.4 Å². The van der Waals surface area contributed by atoms with E-state index in [1.165, 1.54) is 6.07 Å². The maximum Gasteiger partial charge on any atom is 0.198 e. The first-order valence-corrected chi connectivity index (χ1v) is 13.0. The third-order valence-corrected chi connectivity index (χ3v) is 7.10. The smallest absolute Gasteiger partial charge is 0.198 e. The second kappa shape index (κ2) is 10.4. The molecule has 1 aliphatic carbocycles. The lowest BCUT2D eigenvalue weighted by atomic mass is 9.80. The van der Waals surface area contributed by atoms with Gasteiger partial charge in [0.1, 0.15) is 11.5 Å². The summed E-state index contributed by atoms with van der Waals surface area (Å²) in [5.74, 6) is -1.04. The van der Waals surface area contributed by atoms with Crippen LogP contribution in [-0.2, 0) is 0 Å². The highest BCUT2D eigenvalue weighted by Crippen LogP contribution is 2.44. The van der Waals surface area contributed by atoms with Gasteiger partial charge in [-0.25, -0.2) is 0 Å². The first kappa shape index (κ1) is 24.6. The van der Waals surface area contributed by atoms with Crippen molar-refractivity contribution in [1.29, 1.82) is 0 Å². The number of aromatic hydroxyl groups is 2. The highest BCUT2D eigenvalue weighted by Gasteiger charge is 2.37. The molecule has 1 atom stereocenters. The minimum atomic E-state index is -0.551. The van der Waals surface area contributed by atoms with Crippen LogP contribution in [0.25, 0.3) is 0 Å². The molecule has 0 spiro atoms. The zero-order chi connectivity index (χ0) is 24.4. The topological polar surface area (TPSA) is 77.8 Å². The molecule has 3 aromatic carbocycles. The van der Waals surface area contributed by atoms with Crippen LogP contribution < -0.4 is 0 Å². The van der Waals surface area contributed by atoms with E-state index in [9.17, 15) is 19.8 Å². The highest BCUT2D eigenvalue weighted by atomic mass is 35.5. The zero-order valence-electron chi connectivity index (χ0n) is 18.4. The number of carbonyl (C=O) groups excluding carboxylic acids is 2. The molecule has 176 valence electrons. The number of thioether (sulfide) groups is 1. The molecule has 0 saturated heterocycles. The third-order valence-electron chi connectivity index (χ3n) is 6.01. The van der Waals surface area contributed by atoms with Gasteiger partial charge in [0.2, 0.25) is 0 Å². The number of phenolic OH excluding ortho intramolecular Hbond substituents is 2.